The number of nitro groups is 1. The van der Waals surface area contributed by atoms with E-state index in [-0.39, 0.29) is 12.3 Å². The van der Waals surface area contributed by atoms with E-state index in [4.69, 9.17) is 4.74 Å². The normalized spacial score (nSPS) is 19.7. The number of hydrogen-bond donors (Lipinski definition) is 1. The zero-order chi connectivity index (χ0) is 22.0. The highest BCUT2D eigenvalue weighted by atomic mass is 19.1. The van der Waals surface area contributed by atoms with E-state index in [1.165, 1.54) is 16.8 Å². The number of halogens is 1. The first-order valence-electron chi connectivity index (χ1n) is 10.0. The Morgan fingerprint density at radius 2 is 2.13 bits per heavy atom. The maximum Gasteiger partial charge on any atom is 0.271 e. The molecule has 1 aliphatic carbocycles. The predicted molar refractivity (Wildman–Crippen MR) is 111 cm³/mol. The Morgan fingerprint density at radius 3 is 2.90 bits per heavy atom. The van der Waals surface area contributed by atoms with Gasteiger partial charge in [0.15, 0.2) is 5.82 Å². The minimum Gasteiger partial charge on any atom is -0.379 e. The Kier molecular flexibility index (Phi) is 5.75. The molecule has 4 rings (SSSR count). The van der Waals surface area contributed by atoms with Gasteiger partial charge in [0.05, 0.1) is 23.3 Å². The largest absolute Gasteiger partial charge is 0.379 e. The standard InChI is InChI=1S/C21H23FN6O3/c1-3-31-13-21(2,23-19-17-10-5-4-7-14(17)11-18(19)22)20-24-25-26-27(20)15-8-6-9-16(12-15)28(29)30/h4-10,12,18-19,23H,3,11,13H2,1-2H3/t18-,19+,21?/m1/s1. The highest BCUT2D eigenvalue weighted by Gasteiger charge is 2.41. The molecule has 1 aliphatic rings. The molecule has 162 valence electrons. The molecule has 2 aromatic carbocycles. The third-order valence-corrected chi connectivity index (χ3v) is 5.48. The molecule has 9 nitrogen and oxygen atoms in total. The van der Waals surface area contributed by atoms with Gasteiger partial charge in [-0.3, -0.25) is 15.4 Å². The molecule has 1 heterocycles. The lowest BCUT2D eigenvalue weighted by molar-refractivity contribution is -0.384. The summed E-state index contributed by atoms with van der Waals surface area (Å²) < 4.78 is 22.1. The maximum atomic E-state index is 15.0. The van der Waals surface area contributed by atoms with Crippen LogP contribution < -0.4 is 5.32 Å². The summed E-state index contributed by atoms with van der Waals surface area (Å²) in [6.07, 6.45) is -0.783. The first-order valence-corrected chi connectivity index (χ1v) is 10.0. The molecule has 0 fully saturated rings. The molecule has 0 spiro atoms. The van der Waals surface area contributed by atoms with Gasteiger partial charge < -0.3 is 4.74 Å². The van der Waals surface area contributed by atoms with E-state index in [9.17, 15) is 10.1 Å². The van der Waals surface area contributed by atoms with Gasteiger partial charge in [-0.1, -0.05) is 30.3 Å². The Labute approximate surface area is 178 Å². The van der Waals surface area contributed by atoms with Gasteiger partial charge in [-0.15, -0.1) is 5.10 Å². The number of nitrogens with zero attached hydrogens (tertiary/aromatic N) is 5. The Hall–Kier alpha value is -3.24. The molecule has 1 unspecified atom stereocenters. The number of hydrogen-bond acceptors (Lipinski definition) is 7. The van der Waals surface area contributed by atoms with Crippen LogP contribution in [0.4, 0.5) is 10.1 Å². The summed E-state index contributed by atoms with van der Waals surface area (Å²) >= 11 is 0. The summed E-state index contributed by atoms with van der Waals surface area (Å²) in [6, 6.07) is 13.1. The van der Waals surface area contributed by atoms with Gasteiger partial charge in [0, 0.05) is 25.2 Å². The van der Waals surface area contributed by atoms with E-state index in [0.29, 0.717) is 24.5 Å². The molecule has 3 aromatic rings. The average Bonchev–Trinajstić information content (AvgIpc) is 3.38. The van der Waals surface area contributed by atoms with Crippen molar-refractivity contribution in [1.82, 2.24) is 25.5 Å². The quantitative estimate of drug-likeness (QED) is 0.436. The number of alkyl halides is 1. The Morgan fingerprint density at radius 1 is 1.32 bits per heavy atom. The third kappa shape index (κ3) is 4.04. The molecule has 0 saturated heterocycles. The number of ether oxygens (including phenoxy) is 1. The fraction of sp³-hybridized carbons (Fsp3) is 0.381. The van der Waals surface area contributed by atoms with Crippen LogP contribution in [0.1, 0.15) is 36.8 Å². The number of rotatable bonds is 8. The predicted octanol–water partition coefficient (Wildman–Crippen LogP) is 3.05. The van der Waals surface area contributed by atoms with E-state index in [1.54, 1.807) is 12.1 Å². The summed E-state index contributed by atoms with van der Waals surface area (Å²) in [6.45, 7) is 4.35. The second kappa shape index (κ2) is 8.48. The van der Waals surface area contributed by atoms with Crippen molar-refractivity contribution in [2.24, 2.45) is 0 Å². The van der Waals surface area contributed by atoms with Crippen molar-refractivity contribution in [1.29, 1.82) is 0 Å². The van der Waals surface area contributed by atoms with Gasteiger partial charge in [0.25, 0.3) is 5.69 Å². The van der Waals surface area contributed by atoms with Crippen LogP contribution in [0.2, 0.25) is 0 Å². The average molecular weight is 426 g/mol. The fourth-order valence-electron chi connectivity index (χ4n) is 3.98. The molecule has 0 bridgehead atoms. The molecule has 0 amide bonds. The van der Waals surface area contributed by atoms with Crippen LogP contribution >= 0.6 is 0 Å². The topological polar surface area (TPSA) is 108 Å². The molecule has 0 radical (unpaired) electrons. The van der Waals surface area contributed by atoms with Gasteiger partial charge in [-0.05, 0) is 41.5 Å². The SMILES string of the molecule is CCOCC(C)(N[C@H]1c2ccccc2C[C@H]1F)c1nnnn1-c1cccc([N+](=O)[O-])c1. The minimum absolute atomic E-state index is 0.0769. The molecule has 1 aromatic heterocycles. The molecular weight excluding hydrogens is 403 g/mol. The van der Waals surface area contributed by atoms with E-state index in [1.807, 2.05) is 38.1 Å². The zero-order valence-electron chi connectivity index (χ0n) is 17.2. The summed E-state index contributed by atoms with van der Waals surface area (Å²) in [5.74, 6) is 0.373. The number of nitro benzene ring substituents is 1. The minimum atomic E-state index is -1.11. The van der Waals surface area contributed by atoms with Gasteiger partial charge in [0.2, 0.25) is 0 Å². The van der Waals surface area contributed by atoms with E-state index in [0.717, 1.165) is 11.1 Å². The number of tetrazole rings is 1. The van der Waals surface area contributed by atoms with Crippen molar-refractivity contribution in [3.63, 3.8) is 0 Å². The van der Waals surface area contributed by atoms with E-state index >= 15 is 4.39 Å². The first-order chi connectivity index (χ1) is 14.9. The smallest absolute Gasteiger partial charge is 0.271 e. The molecule has 3 atom stereocenters. The molecule has 10 heteroatoms. The van der Waals surface area contributed by atoms with Gasteiger partial charge in [-0.25, -0.2) is 4.39 Å². The van der Waals surface area contributed by atoms with Crippen molar-refractivity contribution in [2.45, 2.75) is 38.0 Å². The highest BCUT2D eigenvalue weighted by molar-refractivity contribution is 5.43. The lowest BCUT2D eigenvalue weighted by Gasteiger charge is -2.33. The lowest BCUT2D eigenvalue weighted by atomic mass is 9.98. The van der Waals surface area contributed by atoms with E-state index < -0.39 is 22.7 Å². The Balaban J connectivity index is 1.73. The maximum absolute atomic E-state index is 15.0. The lowest BCUT2D eigenvalue weighted by Crippen LogP contribution is -2.49. The molecule has 31 heavy (non-hydrogen) atoms. The number of non-ortho nitro benzene ring substituents is 1. The highest BCUT2D eigenvalue weighted by Crippen LogP contribution is 2.37. The van der Waals surface area contributed by atoms with Crippen LogP contribution in [-0.4, -0.2) is 44.5 Å². The molecule has 0 saturated carbocycles. The molecule has 0 aliphatic heterocycles. The second-order valence-electron chi connectivity index (χ2n) is 7.70. The first kappa shape index (κ1) is 21.0. The summed E-state index contributed by atoms with van der Waals surface area (Å²) in [7, 11) is 0. The van der Waals surface area contributed by atoms with Crippen LogP contribution in [0.25, 0.3) is 5.69 Å². The summed E-state index contributed by atoms with van der Waals surface area (Å²) in [5, 5.41) is 26.6. The van der Waals surface area contributed by atoms with E-state index in [2.05, 4.69) is 20.8 Å². The molecule has 1 N–H and O–H groups in total. The number of nitrogens with one attached hydrogen (secondary N) is 1. The van der Waals surface area contributed by atoms with Crippen LogP contribution in [0.15, 0.2) is 48.5 Å². The summed E-state index contributed by atoms with van der Waals surface area (Å²) in [5.41, 5.74) is 1.25. The van der Waals surface area contributed by atoms with Crippen molar-refractivity contribution in [2.75, 3.05) is 13.2 Å². The monoisotopic (exact) mass is 426 g/mol. The number of aromatic nitrogens is 4. The third-order valence-electron chi connectivity index (χ3n) is 5.48. The Bertz CT molecular complexity index is 1090. The zero-order valence-corrected chi connectivity index (χ0v) is 17.2. The van der Waals surface area contributed by atoms with Crippen molar-refractivity contribution < 1.29 is 14.1 Å². The fourth-order valence-corrected chi connectivity index (χ4v) is 3.98. The van der Waals surface area contributed by atoms with Crippen molar-refractivity contribution >= 4 is 5.69 Å². The van der Waals surface area contributed by atoms with Crippen molar-refractivity contribution in [3.8, 4) is 5.69 Å². The second-order valence-corrected chi connectivity index (χ2v) is 7.70. The van der Waals surface area contributed by atoms with Crippen molar-refractivity contribution in [3.05, 3.63) is 75.6 Å². The van der Waals surface area contributed by atoms with Crippen LogP contribution in [-0.2, 0) is 16.7 Å². The van der Waals surface area contributed by atoms with Crippen LogP contribution in [0, 0.1) is 10.1 Å². The summed E-state index contributed by atoms with van der Waals surface area (Å²) in [4.78, 5) is 10.7. The van der Waals surface area contributed by atoms with Gasteiger partial charge >= 0.3 is 0 Å². The number of benzene rings is 2. The van der Waals surface area contributed by atoms with Gasteiger partial charge in [0.1, 0.15) is 11.7 Å². The van der Waals surface area contributed by atoms with Gasteiger partial charge in [-0.2, -0.15) is 4.68 Å². The van der Waals surface area contributed by atoms with Crippen LogP contribution in [0.5, 0.6) is 0 Å². The molecular formula is C21H23FN6O3. The number of fused-ring (bicyclic) bond motifs is 1. The van der Waals surface area contributed by atoms with Crippen LogP contribution in [0.3, 0.4) is 0 Å².